The number of aromatic nitrogens is 3. The standard InChI is InChI=1S/C30H33N7/c31-18-21-7-10-26(11-8-21)37-15-3-4-25(20-37)34-28-5-1-2-6-29(28)35-30-17-23(13-14-32-30)22-9-12-27-24(16-22)19-33-36-27/h7-14,16-17,19,25,28-29,34H,1-6,15,20H2,(H,32,35)(H,33,36)/t25-,28+,29+/m0/s1. The maximum Gasteiger partial charge on any atom is 0.126 e. The SMILES string of the molecule is N#Cc1ccc(N2CCC[C@H](N[C@@H]3CCCC[C@H]3Nc3cc(-c4ccc5[nH]ncc5c4)ccn3)C2)cc1. The Morgan fingerprint density at radius 1 is 0.919 bits per heavy atom. The van der Waals surface area contributed by atoms with Crippen molar-refractivity contribution in [2.75, 3.05) is 23.3 Å². The molecule has 0 unspecified atom stereocenters. The molecule has 2 fully saturated rings. The number of nitrogens with zero attached hydrogens (tertiary/aromatic N) is 4. The van der Waals surface area contributed by atoms with Crippen LogP contribution in [0.1, 0.15) is 44.1 Å². The molecule has 3 atom stereocenters. The number of aromatic amines is 1. The molecule has 2 aromatic heterocycles. The number of nitriles is 1. The summed E-state index contributed by atoms with van der Waals surface area (Å²) in [5.41, 5.74) is 5.30. The zero-order valence-corrected chi connectivity index (χ0v) is 21.0. The quantitative estimate of drug-likeness (QED) is 0.331. The largest absolute Gasteiger partial charge is 0.370 e. The molecule has 0 bridgehead atoms. The van der Waals surface area contributed by atoms with Gasteiger partial charge >= 0.3 is 0 Å². The Balaban J connectivity index is 1.13. The number of hydrogen-bond acceptors (Lipinski definition) is 6. The number of hydrogen-bond donors (Lipinski definition) is 3. The van der Waals surface area contributed by atoms with E-state index in [-0.39, 0.29) is 0 Å². The number of nitrogens with one attached hydrogen (secondary N) is 3. The second kappa shape index (κ2) is 10.6. The first-order chi connectivity index (χ1) is 18.2. The summed E-state index contributed by atoms with van der Waals surface area (Å²) < 4.78 is 0. The summed E-state index contributed by atoms with van der Waals surface area (Å²) in [6.07, 6.45) is 11.0. The van der Waals surface area contributed by atoms with Gasteiger partial charge in [-0.1, -0.05) is 18.9 Å². The fraction of sp³-hybridized carbons (Fsp3) is 0.367. The van der Waals surface area contributed by atoms with Gasteiger partial charge in [0.15, 0.2) is 0 Å². The van der Waals surface area contributed by atoms with Crippen molar-refractivity contribution in [1.82, 2.24) is 20.5 Å². The van der Waals surface area contributed by atoms with Gasteiger partial charge in [-0.2, -0.15) is 10.4 Å². The lowest BCUT2D eigenvalue weighted by Gasteiger charge is -2.40. The highest BCUT2D eigenvalue weighted by molar-refractivity contribution is 5.84. The van der Waals surface area contributed by atoms with Gasteiger partial charge in [-0.25, -0.2) is 4.98 Å². The lowest BCUT2D eigenvalue weighted by molar-refractivity contribution is 0.293. The van der Waals surface area contributed by atoms with Crippen LogP contribution in [0.3, 0.4) is 0 Å². The molecule has 2 aromatic carbocycles. The van der Waals surface area contributed by atoms with Crippen LogP contribution in [0.2, 0.25) is 0 Å². The second-order valence-corrected chi connectivity index (χ2v) is 10.4. The molecule has 0 spiro atoms. The molecule has 4 aromatic rings. The Bertz CT molecular complexity index is 1390. The summed E-state index contributed by atoms with van der Waals surface area (Å²) in [6.45, 7) is 2.07. The van der Waals surface area contributed by atoms with Crippen LogP contribution in [-0.2, 0) is 0 Å². The molecule has 188 valence electrons. The number of pyridine rings is 1. The van der Waals surface area contributed by atoms with Crippen molar-refractivity contribution in [2.24, 2.45) is 0 Å². The number of rotatable bonds is 6. The maximum absolute atomic E-state index is 9.11. The summed E-state index contributed by atoms with van der Waals surface area (Å²) in [6, 6.07) is 22.1. The summed E-state index contributed by atoms with van der Waals surface area (Å²) in [5.74, 6) is 0.936. The number of benzene rings is 2. The van der Waals surface area contributed by atoms with Crippen LogP contribution in [0.5, 0.6) is 0 Å². The smallest absolute Gasteiger partial charge is 0.126 e. The Morgan fingerprint density at radius 3 is 2.62 bits per heavy atom. The van der Waals surface area contributed by atoms with Crippen molar-refractivity contribution in [3.05, 3.63) is 72.6 Å². The zero-order valence-electron chi connectivity index (χ0n) is 21.0. The van der Waals surface area contributed by atoms with Gasteiger partial charge in [-0.3, -0.25) is 5.10 Å². The van der Waals surface area contributed by atoms with Crippen molar-refractivity contribution in [2.45, 2.75) is 56.7 Å². The van der Waals surface area contributed by atoms with E-state index in [0.29, 0.717) is 23.7 Å². The summed E-state index contributed by atoms with van der Waals surface area (Å²) >= 11 is 0. The first kappa shape index (κ1) is 23.5. The summed E-state index contributed by atoms with van der Waals surface area (Å²) in [5, 5.41) is 25.2. The van der Waals surface area contributed by atoms with E-state index in [9.17, 15) is 0 Å². The van der Waals surface area contributed by atoms with E-state index in [1.807, 2.05) is 24.5 Å². The molecule has 1 saturated carbocycles. The lowest BCUT2D eigenvalue weighted by atomic mass is 9.89. The van der Waals surface area contributed by atoms with E-state index < -0.39 is 0 Å². The number of piperidine rings is 1. The molecule has 1 saturated heterocycles. The minimum absolute atomic E-state index is 0.359. The van der Waals surface area contributed by atoms with E-state index in [0.717, 1.165) is 41.8 Å². The van der Waals surface area contributed by atoms with E-state index in [1.54, 1.807) is 0 Å². The van der Waals surface area contributed by atoms with Crippen molar-refractivity contribution >= 4 is 22.4 Å². The zero-order chi connectivity index (χ0) is 25.0. The van der Waals surface area contributed by atoms with Crippen molar-refractivity contribution in [3.63, 3.8) is 0 Å². The van der Waals surface area contributed by atoms with Crippen molar-refractivity contribution in [1.29, 1.82) is 5.26 Å². The van der Waals surface area contributed by atoms with Crippen molar-refractivity contribution < 1.29 is 0 Å². The van der Waals surface area contributed by atoms with Gasteiger partial charge in [0.1, 0.15) is 5.82 Å². The predicted octanol–water partition coefficient (Wildman–Crippen LogP) is 5.48. The molecule has 7 heteroatoms. The van der Waals surface area contributed by atoms with Crippen LogP contribution in [0.25, 0.3) is 22.0 Å². The molecule has 6 rings (SSSR count). The van der Waals surface area contributed by atoms with Gasteiger partial charge < -0.3 is 15.5 Å². The van der Waals surface area contributed by atoms with Crippen LogP contribution in [0.15, 0.2) is 67.0 Å². The first-order valence-electron chi connectivity index (χ1n) is 13.4. The van der Waals surface area contributed by atoms with Crippen molar-refractivity contribution in [3.8, 4) is 17.2 Å². The molecular weight excluding hydrogens is 458 g/mol. The van der Waals surface area contributed by atoms with Crippen LogP contribution in [-0.4, -0.2) is 46.4 Å². The van der Waals surface area contributed by atoms with Crippen LogP contribution < -0.4 is 15.5 Å². The Kier molecular flexibility index (Phi) is 6.74. The molecule has 3 N–H and O–H groups in total. The Labute approximate surface area is 217 Å². The normalized spacial score (nSPS) is 22.0. The number of H-pyrrole nitrogens is 1. The van der Waals surface area contributed by atoms with Crippen LogP contribution in [0, 0.1) is 11.3 Å². The molecule has 1 aliphatic heterocycles. The molecule has 2 aliphatic rings. The molecular formula is C30H33N7. The van der Waals surface area contributed by atoms with Gasteiger partial charge in [0.2, 0.25) is 0 Å². The Morgan fingerprint density at radius 2 is 1.76 bits per heavy atom. The minimum atomic E-state index is 0.359. The fourth-order valence-electron chi connectivity index (χ4n) is 5.90. The average Bonchev–Trinajstić information content (AvgIpc) is 3.43. The summed E-state index contributed by atoms with van der Waals surface area (Å²) in [4.78, 5) is 7.12. The number of fused-ring (bicyclic) bond motifs is 1. The van der Waals surface area contributed by atoms with Gasteiger partial charge in [-0.05, 0) is 85.3 Å². The summed E-state index contributed by atoms with van der Waals surface area (Å²) in [7, 11) is 0. The van der Waals surface area contributed by atoms with E-state index in [2.05, 4.69) is 79.2 Å². The monoisotopic (exact) mass is 491 g/mol. The highest BCUT2D eigenvalue weighted by Crippen LogP contribution is 2.28. The third-order valence-corrected chi connectivity index (χ3v) is 7.87. The lowest BCUT2D eigenvalue weighted by Crippen LogP contribution is -2.54. The van der Waals surface area contributed by atoms with E-state index in [4.69, 9.17) is 5.26 Å². The van der Waals surface area contributed by atoms with Gasteiger partial charge in [-0.15, -0.1) is 0 Å². The van der Waals surface area contributed by atoms with Crippen LogP contribution in [0.4, 0.5) is 11.5 Å². The van der Waals surface area contributed by atoms with E-state index in [1.165, 1.54) is 43.4 Å². The molecule has 0 amide bonds. The fourth-order valence-corrected chi connectivity index (χ4v) is 5.90. The third-order valence-electron chi connectivity index (χ3n) is 7.87. The molecule has 0 radical (unpaired) electrons. The van der Waals surface area contributed by atoms with Gasteiger partial charge in [0, 0.05) is 48.5 Å². The van der Waals surface area contributed by atoms with Gasteiger partial charge in [0.05, 0.1) is 23.3 Å². The van der Waals surface area contributed by atoms with Gasteiger partial charge in [0.25, 0.3) is 0 Å². The highest BCUT2D eigenvalue weighted by atomic mass is 15.2. The Hall–Kier alpha value is -3.89. The minimum Gasteiger partial charge on any atom is -0.370 e. The van der Waals surface area contributed by atoms with Crippen LogP contribution >= 0.6 is 0 Å². The molecule has 1 aliphatic carbocycles. The molecule has 7 nitrogen and oxygen atoms in total. The number of anilines is 2. The highest BCUT2D eigenvalue weighted by Gasteiger charge is 2.29. The maximum atomic E-state index is 9.11. The molecule has 37 heavy (non-hydrogen) atoms. The second-order valence-electron chi connectivity index (χ2n) is 10.4. The van der Waals surface area contributed by atoms with E-state index >= 15 is 0 Å². The predicted molar refractivity (Wildman–Crippen MR) is 149 cm³/mol. The first-order valence-corrected chi connectivity index (χ1v) is 13.4. The molecule has 3 heterocycles. The third kappa shape index (κ3) is 5.30. The topological polar surface area (TPSA) is 92.7 Å². The average molecular weight is 492 g/mol.